The van der Waals surface area contributed by atoms with E-state index in [-0.39, 0.29) is 44.2 Å². The van der Waals surface area contributed by atoms with Crippen molar-refractivity contribution in [2.24, 2.45) is 0 Å². The van der Waals surface area contributed by atoms with E-state index < -0.39 is 12.2 Å². The van der Waals surface area contributed by atoms with Crippen molar-refractivity contribution in [1.29, 1.82) is 0 Å². The van der Waals surface area contributed by atoms with Crippen molar-refractivity contribution in [3.05, 3.63) is 65.2 Å². The number of aliphatic hydroxyl groups is 2. The Hall–Kier alpha value is -2.47. The molecule has 2 aromatic carbocycles. The van der Waals surface area contributed by atoms with E-state index in [1.807, 2.05) is 36.4 Å². The van der Waals surface area contributed by atoms with Crippen molar-refractivity contribution in [2.75, 3.05) is 23.4 Å². The number of amides is 2. The van der Waals surface area contributed by atoms with Crippen molar-refractivity contribution >= 4 is 29.3 Å². The van der Waals surface area contributed by atoms with Gasteiger partial charge in [0.05, 0.1) is 25.4 Å². The molecule has 1 fully saturated rings. The standard InChI is InChI=1S/C26H34N2O7S/c29-13-14-36-17-22-15-23(19-7-5-18(16-30)6-8-19)35-26(34-22)20-9-11-21(12-10-20)27-24(31)3-1-2-4-25(32)28-33/h5-12,22-23,26,29-30,33H,1-4,13-17H2,(H,27,31)(H,28,32). The number of hydroxylamine groups is 1. The summed E-state index contributed by atoms with van der Waals surface area (Å²) < 4.78 is 12.5. The van der Waals surface area contributed by atoms with Gasteiger partial charge < -0.3 is 25.0 Å². The van der Waals surface area contributed by atoms with Gasteiger partial charge in [0.1, 0.15) is 0 Å². The molecule has 1 saturated heterocycles. The van der Waals surface area contributed by atoms with E-state index in [0.717, 1.165) is 22.4 Å². The van der Waals surface area contributed by atoms with Crippen molar-refractivity contribution in [3.8, 4) is 0 Å². The molecule has 9 nitrogen and oxygen atoms in total. The molecule has 1 aliphatic rings. The molecule has 0 aliphatic carbocycles. The second-order valence-corrected chi connectivity index (χ2v) is 9.71. The summed E-state index contributed by atoms with van der Waals surface area (Å²) in [4.78, 5) is 23.2. The Morgan fingerprint density at radius 1 is 0.917 bits per heavy atom. The van der Waals surface area contributed by atoms with Crippen LogP contribution < -0.4 is 10.8 Å². The molecule has 0 spiro atoms. The van der Waals surface area contributed by atoms with Gasteiger partial charge in [0, 0.05) is 42.0 Å². The number of hydrogen-bond acceptors (Lipinski definition) is 8. The van der Waals surface area contributed by atoms with Crippen LogP contribution in [0.3, 0.4) is 0 Å². The Balaban J connectivity index is 1.60. The number of carbonyl (C=O) groups excluding carboxylic acids is 2. The first-order valence-corrected chi connectivity index (χ1v) is 13.2. The van der Waals surface area contributed by atoms with Gasteiger partial charge in [-0.3, -0.25) is 14.8 Å². The highest BCUT2D eigenvalue weighted by atomic mass is 32.2. The number of anilines is 1. The topological polar surface area (TPSA) is 137 Å². The van der Waals surface area contributed by atoms with Crippen LogP contribution in [0.2, 0.25) is 0 Å². The highest BCUT2D eigenvalue weighted by Gasteiger charge is 2.32. The summed E-state index contributed by atoms with van der Waals surface area (Å²) in [5.74, 6) is 0.769. The van der Waals surface area contributed by atoms with Gasteiger partial charge in [0.25, 0.3) is 0 Å². The lowest BCUT2D eigenvalue weighted by atomic mass is 10.0. The molecule has 196 valence electrons. The molecule has 1 aliphatic heterocycles. The number of nitrogens with one attached hydrogen (secondary N) is 2. The smallest absolute Gasteiger partial charge is 0.243 e. The first-order valence-electron chi connectivity index (χ1n) is 12.0. The fourth-order valence-electron chi connectivity index (χ4n) is 3.88. The molecule has 2 aromatic rings. The minimum atomic E-state index is -0.580. The predicted molar refractivity (Wildman–Crippen MR) is 136 cm³/mol. The number of benzene rings is 2. The van der Waals surface area contributed by atoms with Crippen molar-refractivity contribution < 1.29 is 34.5 Å². The number of thioether (sulfide) groups is 1. The summed E-state index contributed by atoms with van der Waals surface area (Å²) in [6.07, 6.45) is 1.36. The summed E-state index contributed by atoms with van der Waals surface area (Å²) in [7, 11) is 0. The Morgan fingerprint density at radius 3 is 2.22 bits per heavy atom. The monoisotopic (exact) mass is 518 g/mol. The van der Waals surface area contributed by atoms with Crippen LogP contribution in [0.5, 0.6) is 0 Å². The minimum absolute atomic E-state index is 0.0122. The summed E-state index contributed by atoms with van der Waals surface area (Å²) in [5, 5.41) is 29.8. The van der Waals surface area contributed by atoms with Gasteiger partial charge in [0.2, 0.25) is 11.8 Å². The van der Waals surface area contributed by atoms with Crippen LogP contribution in [0.1, 0.15) is 61.2 Å². The molecule has 3 unspecified atom stereocenters. The SMILES string of the molecule is O=C(CCCCC(=O)Nc1ccc(C2OC(CSCCO)CC(c3ccc(CO)cc3)O2)cc1)NO. The normalized spacial score (nSPS) is 19.6. The van der Waals surface area contributed by atoms with Gasteiger partial charge >= 0.3 is 0 Å². The third kappa shape index (κ3) is 8.88. The molecule has 36 heavy (non-hydrogen) atoms. The van der Waals surface area contributed by atoms with Gasteiger partial charge in [-0.25, -0.2) is 5.48 Å². The fourth-order valence-corrected chi connectivity index (χ4v) is 4.65. The second kappa shape index (κ2) is 14.9. The van der Waals surface area contributed by atoms with Crippen LogP contribution in [-0.2, 0) is 25.7 Å². The zero-order valence-electron chi connectivity index (χ0n) is 20.1. The molecular formula is C26H34N2O7S. The maximum Gasteiger partial charge on any atom is 0.243 e. The number of unbranched alkanes of at least 4 members (excludes halogenated alkanes) is 1. The average molecular weight is 519 g/mol. The summed E-state index contributed by atoms with van der Waals surface area (Å²) in [5.41, 5.74) is 4.91. The Morgan fingerprint density at radius 2 is 1.58 bits per heavy atom. The van der Waals surface area contributed by atoms with Crippen molar-refractivity contribution in [2.45, 2.75) is 57.2 Å². The molecular weight excluding hydrogens is 484 g/mol. The predicted octanol–water partition coefficient (Wildman–Crippen LogP) is 3.45. The summed E-state index contributed by atoms with van der Waals surface area (Å²) in [6, 6.07) is 15.0. The zero-order valence-corrected chi connectivity index (χ0v) is 20.9. The van der Waals surface area contributed by atoms with E-state index in [9.17, 15) is 14.7 Å². The highest BCUT2D eigenvalue weighted by Crippen LogP contribution is 2.39. The van der Waals surface area contributed by atoms with Crippen molar-refractivity contribution in [1.82, 2.24) is 5.48 Å². The lowest BCUT2D eigenvalue weighted by Crippen LogP contribution is -2.31. The molecule has 5 N–H and O–H groups in total. The summed E-state index contributed by atoms with van der Waals surface area (Å²) in [6.45, 7) is 0.107. The quantitative estimate of drug-likeness (QED) is 0.154. The van der Waals surface area contributed by atoms with Gasteiger partial charge in [-0.2, -0.15) is 11.8 Å². The highest BCUT2D eigenvalue weighted by molar-refractivity contribution is 7.99. The number of ether oxygens (including phenoxy) is 2. The van der Waals surface area contributed by atoms with Gasteiger partial charge in [-0.15, -0.1) is 0 Å². The first kappa shape index (κ1) is 28.1. The van der Waals surface area contributed by atoms with E-state index >= 15 is 0 Å². The molecule has 0 saturated carbocycles. The lowest BCUT2D eigenvalue weighted by Gasteiger charge is -2.36. The fraction of sp³-hybridized carbons (Fsp3) is 0.462. The van der Waals surface area contributed by atoms with Gasteiger partial charge in [-0.05, 0) is 36.1 Å². The number of aliphatic hydroxyl groups excluding tert-OH is 2. The van der Waals surface area contributed by atoms with Crippen LogP contribution in [0, 0.1) is 0 Å². The molecule has 3 rings (SSSR count). The number of hydrogen-bond donors (Lipinski definition) is 5. The summed E-state index contributed by atoms with van der Waals surface area (Å²) >= 11 is 1.63. The first-order chi connectivity index (χ1) is 17.5. The number of rotatable bonds is 13. The molecule has 10 heteroatoms. The van der Waals surface area contributed by atoms with Gasteiger partial charge in [0.15, 0.2) is 6.29 Å². The molecule has 0 aromatic heterocycles. The van der Waals surface area contributed by atoms with E-state index in [4.69, 9.17) is 19.8 Å². The molecule has 2 amide bonds. The third-order valence-corrected chi connectivity index (χ3v) is 6.88. The molecule has 0 bridgehead atoms. The maximum atomic E-state index is 12.2. The largest absolute Gasteiger partial charge is 0.396 e. The van der Waals surface area contributed by atoms with Crippen LogP contribution in [0.15, 0.2) is 48.5 Å². The number of carbonyl (C=O) groups is 2. The van der Waals surface area contributed by atoms with Crippen LogP contribution in [0.4, 0.5) is 5.69 Å². The Labute approximate surface area is 215 Å². The average Bonchev–Trinajstić information content (AvgIpc) is 2.91. The van der Waals surface area contributed by atoms with E-state index in [0.29, 0.717) is 30.7 Å². The Kier molecular flexibility index (Phi) is 11.7. The lowest BCUT2D eigenvalue weighted by molar-refractivity contribution is -0.245. The van der Waals surface area contributed by atoms with E-state index in [1.165, 1.54) is 0 Å². The zero-order chi connectivity index (χ0) is 25.8. The third-order valence-electron chi connectivity index (χ3n) is 5.80. The van der Waals surface area contributed by atoms with Crippen LogP contribution in [0.25, 0.3) is 0 Å². The Bertz CT molecular complexity index is 956. The molecule has 0 radical (unpaired) electrons. The maximum absolute atomic E-state index is 12.2. The molecule has 3 atom stereocenters. The van der Waals surface area contributed by atoms with Crippen molar-refractivity contribution in [3.63, 3.8) is 0 Å². The van der Waals surface area contributed by atoms with E-state index in [2.05, 4.69) is 5.32 Å². The van der Waals surface area contributed by atoms with E-state index in [1.54, 1.807) is 29.4 Å². The van der Waals surface area contributed by atoms with Crippen LogP contribution >= 0.6 is 11.8 Å². The molecule has 1 heterocycles. The van der Waals surface area contributed by atoms with Crippen LogP contribution in [-0.4, -0.2) is 51.5 Å². The minimum Gasteiger partial charge on any atom is -0.396 e. The second-order valence-electron chi connectivity index (χ2n) is 8.56. The van der Waals surface area contributed by atoms with Gasteiger partial charge in [-0.1, -0.05) is 36.4 Å².